The van der Waals surface area contributed by atoms with Crippen LogP contribution in [0.2, 0.25) is 10.0 Å². The van der Waals surface area contributed by atoms with Crippen LogP contribution >= 0.6 is 23.2 Å². The van der Waals surface area contributed by atoms with Crippen LogP contribution in [-0.4, -0.2) is 0 Å². The first-order valence-electron chi connectivity index (χ1n) is 5.28. The zero-order valence-electron chi connectivity index (χ0n) is 9.91. The maximum Gasteiger partial charge on any atom is 0.0444 e. The van der Waals surface area contributed by atoms with Crippen LogP contribution in [0.3, 0.4) is 0 Å². The van der Waals surface area contributed by atoms with E-state index in [1.807, 2.05) is 12.1 Å². The fourth-order valence-electron chi connectivity index (χ4n) is 2.34. The highest BCUT2D eigenvalue weighted by Crippen LogP contribution is 2.36. The average Bonchev–Trinajstić information content (AvgIpc) is 2.20. The molecule has 0 N–H and O–H groups in total. The molecule has 0 amide bonds. The lowest BCUT2D eigenvalue weighted by Crippen LogP contribution is -1.92. The van der Waals surface area contributed by atoms with Gasteiger partial charge in [-0.3, -0.25) is 0 Å². The smallest absolute Gasteiger partial charge is 0.0444 e. The molecule has 2 aromatic rings. The van der Waals surface area contributed by atoms with Gasteiger partial charge in [0.15, 0.2) is 0 Å². The third-order valence-electron chi connectivity index (χ3n) is 3.19. The molecule has 0 saturated carbocycles. The number of halogens is 2. The van der Waals surface area contributed by atoms with Gasteiger partial charge in [0, 0.05) is 10.0 Å². The lowest BCUT2D eigenvalue weighted by atomic mass is 9.94. The summed E-state index contributed by atoms with van der Waals surface area (Å²) in [5.74, 6) is 0. The molecule has 0 fully saturated rings. The van der Waals surface area contributed by atoms with Gasteiger partial charge < -0.3 is 0 Å². The first-order valence-corrected chi connectivity index (χ1v) is 6.04. The van der Waals surface area contributed by atoms with Crippen molar-refractivity contribution in [3.63, 3.8) is 0 Å². The summed E-state index contributed by atoms with van der Waals surface area (Å²) in [7, 11) is 0. The van der Waals surface area contributed by atoms with Crippen molar-refractivity contribution in [3.05, 3.63) is 44.4 Å². The van der Waals surface area contributed by atoms with Crippen molar-refractivity contribution in [2.24, 2.45) is 0 Å². The van der Waals surface area contributed by atoms with E-state index in [4.69, 9.17) is 23.2 Å². The molecule has 0 nitrogen and oxygen atoms in total. The lowest BCUT2D eigenvalue weighted by Gasteiger charge is -2.14. The van der Waals surface area contributed by atoms with E-state index in [9.17, 15) is 0 Å². The fourth-order valence-corrected chi connectivity index (χ4v) is 2.86. The molecule has 0 heterocycles. The highest BCUT2D eigenvalue weighted by atomic mass is 35.5. The Bertz CT molecular complexity index is 530. The van der Waals surface area contributed by atoms with Crippen LogP contribution < -0.4 is 0 Å². The Kier molecular flexibility index (Phi) is 2.90. The summed E-state index contributed by atoms with van der Waals surface area (Å²) in [5.41, 5.74) is 4.65. The van der Waals surface area contributed by atoms with E-state index in [1.54, 1.807) is 0 Å². The Morgan fingerprint density at radius 2 is 1.00 bits per heavy atom. The predicted molar refractivity (Wildman–Crippen MR) is 72.9 cm³/mol. The average molecular weight is 253 g/mol. The molecule has 0 atom stereocenters. The zero-order chi connectivity index (χ0) is 12.0. The Balaban J connectivity index is 3.11. The first kappa shape index (κ1) is 11.8. The van der Waals surface area contributed by atoms with E-state index >= 15 is 0 Å². The van der Waals surface area contributed by atoms with Gasteiger partial charge in [0.25, 0.3) is 0 Å². The Labute approximate surface area is 106 Å². The summed E-state index contributed by atoms with van der Waals surface area (Å²) in [6.07, 6.45) is 0. The molecule has 16 heavy (non-hydrogen) atoms. The summed E-state index contributed by atoms with van der Waals surface area (Å²) in [5, 5.41) is 4.14. The summed E-state index contributed by atoms with van der Waals surface area (Å²) in [6.45, 7) is 8.28. The molecule has 0 spiro atoms. The molecular formula is C14H14Cl2. The molecule has 0 unspecified atom stereocenters. The number of hydrogen-bond acceptors (Lipinski definition) is 0. The molecule has 0 aromatic heterocycles. The minimum absolute atomic E-state index is 0.829. The van der Waals surface area contributed by atoms with Crippen LogP contribution in [0.25, 0.3) is 10.8 Å². The van der Waals surface area contributed by atoms with E-state index in [2.05, 4.69) is 27.7 Å². The minimum Gasteiger partial charge on any atom is -0.0840 e. The molecule has 2 rings (SSSR count). The Hall–Kier alpha value is -0.720. The maximum absolute atomic E-state index is 6.22. The minimum atomic E-state index is 0.829. The predicted octanol–water partition coefficient (Wildman–Crippen LogP) is 5.38. The molecule has 0 aliphatic carbocycles. The summed E-state index contributed by atoms with van der Waals surface area (Å²) in [4.78, 5) is 0. The van der Waals surface area contributed by atoms with Crippen LogP contribution in [0.1, 0.15) is 22.3 Å². The van der Waals surface area contributed by atoms with Crippen LogP contribution in [0, 0.1) is 27.7 Å². The van der Waals surface area contributed by atoms with E-state index in [0.29, 0.717) is 0 Å². The SMILES string of the molecule is Cc1cc(Cl)c(C)c2c(C)cc(Cl)c(C)c12. The maximum atomic E-state index is 6.22. The van der Waals surface area contributed by atoms with Gasteiger partial charge in [-0.15, -0.1) is 0 Å². The standard InChI is InChI=1S/C14H14Cl2/c1-7-5-11(15)10(4)14-8(2)6-12(16)9(3)13(7)14/h5-6H,1-4H3. The monoisotopic (exact) mass is 252 g/mol. The van der Waals surface area contributed by atoms with Gasteiger partial charge in [0.2, 0.25) is 0 Å². The largest absolute Gasteiger partial charge is 0.0840 e. The molecule has 0 radical (unpaired) electrons. The van der Waals surface area contributed by atoms with Crippen LogP contribution in [0.4, 0.5) is 0 Å². The molecule has 0 saturated heterocycles. The third-order valence-corrected chi connectivity index (χ3v) is 3.98. The Morgan fingerprint density at radius 1 is 0.688 bits per heavy atom. The van der Waals surface area contributed by atoms with Gasteiger partial charge in [0.1, 0.15) is 0 Å². The lowest BCUT2D eigenvalue weighted by molar-refractivity contribution is 1.38. The summed E-state index contributed by atoms with van der Waals surface area (Å²) >= 11 is 12.4. The zero-order valence-corrected chi connectivity index (χ0v) is 11.4. The van der Waals surface area contributed by atoms with Crippen molar-refractivity contribution in [2.75, 3.05) is 0 Å². The van der Waals surface area contributed by atoms with Crippen molar-refractivity contribution in [1.82, 2.24) is 0 Å². The Morgan fingerprint density at radius 3 is 1.31 bits per heavy atom. The van der Waals surface area contributed by atoms with E-state index in [0.717, 1.165) is 21.2 Å². The molecule has 84 valence electrons. The topological polar surface area (TPSA) is 0 Å². The quantitative estimate of drug-likeness (QED) is 0.591. The number of benzene rings is 2. The van der Waals surface area contributed by atoms with Gasteiger partial charge in [-0.25, -0.2) is 0 Å². The molecular weight excluding hydrogens is 239 g/mol. The van der Waals surface area contributed by atoms with E-state index < -0.39 is 0 Å². The molecule has 0 aliphatic heterocycles. The summed E-state index contributed by atoms with van der Waals surface area (Å²) < 4.78 is 0. The van der Waals surface area contributed by atoms with Crippen molar-refractivity contribution >= 4 is 34.0 Å². The van der Waals surface area contributed by atoms with Crippen molar-refractivity contribution in [2.45, 2.75) is 27.7 Å². The van der Waals surface area contributed by atoms with E-state index in [-0.39, 0.29) is 0 Å². The molecule has 2 heteroatoms. The molecule has 2 aromatic carbocycles. The second-order valence-electron chi connectivity index (χ2n) is 4.35. The molecule has 0 bridgehead atoms. The number of rotatable bonds is 0. The highest BCUT2D eigenvalue weighted by molar-refractivity contribution is 6.34. The summed E-state index contributed by atoms with van der Waals surface area (Å²) in [6, 6.07) is 4.03. The highest BCUT2D eigenvalue weighted by Gasteiger charge is 2.12. The second kappa shape index (κ2) is 3.94. The van der Waals surface area contributed by atoms with Gasteiger partial charge >= 0.3 is 0 Å². The number of fused-ring (bicyclic) bond motifs is 1. The van der Waals surface area contributed by atoms with Crippen molar-refractivity contribution in [3.8, 4) is 0 Å². The third kappa shape index (κ3) is 1.61. The first-order chi connectivity index (χ1) is 7.43. The van der Waals surface area contributed by atoms with Crippen molar-refractivity contribution in [1.29, 1.82) is 0 Å². The van der Waals surface area contributed by atoms with Crippen molar-refractivity contribution < 1.29 is 0 Å². The normalized spacial score (nSPS) is 11.1. The van der Waals surface area contributed by atoms with Gasteiger partial charge in [-0.2, -0.15) is 0 Å². The van der Waals surface area contributed by atoms with Gasteiger partial charge in [0.05, 0.1) is 0 Å². The second-order valence-corrected chi connectivity index (χ2v) is 5.16. The van der Waals surface area contributed by atoms with Gasteiger partial charge in [-0.05, 0) is 72.9 Å². The van der Waals surface area contributed by atoms with Crippen LogP contribution in [0.15, 0.2) is 12.1 Å². The fraction of sp³-hybridized carbons (Fsp3) is 0.286. The van der Waals surface area contributed by atoms with Crippen LogP contribution in [0.5, 0.6) is 0 Å². The van der Waals surface area contributed by atoms with Gasteiger partial charge in [-0.1, -0.05) is 23.2 Å². The van der Waals surface area contributed by atoms with E-state index in [1.165, 1.54) is 21.9 Å². The number of aryl methyl sites for hydroxylation is 4. The number of hydrogen-bond donors (Lipinski definition) is 0. The van der Waals surface area contributed by atoms with Crippen LogP contribution in [-0.2, 0) is 0 Å². The molecule has 0 aliphatic rings.